The van der Waals surface area contributed by atoms with E-state index >= 15 is 0 Å². The molecule has 1 aliphatic rings. The highest BCUT2D eigenvalue weighted by Gasteiger charge is 2.31. The zero-order chi connectivity index (χ0) is 16.2. The molecule has 0 amide bonds. The Labute approximate surface area is 141 Å². The molecule has 0 bridgehead atoms. The number of thioether (sulfide) groups is 1. The molecule has 0 aromatic carbocycles. The third-order valence-corrected chi connectivity index (χ3v) is 5.22. The smallest absolute Gasteiger partial charge is 0.194 e. The molecule has 22 heavy (non-hydrogen) atoms. The van der Waals surface area contributed by atoms with E-state index in [-0.39, 0.29) is 0 Å². The fourth-order valence-corrected chi connectivity index (χ4v) is 4.01. The number of hydrogen-bond donors (Lipinski definition) is 2. The Morgan fingerprint density at radius 1 is 1.64 bits per heavy atom. The third kappa shape index (κ3) is 4.57. The maximum Gasteiger partial charge on any atom is 0.194 e. The molecule has 1 atom stereocenters. The van der Waals surface area contributed by atoms with Crippen LogP contribution in [0.1, 0.15) is 19.0 Å². The lowest BCUT2D eigenvalue weighted by molar-refractivity contribution is 0.0776. The number of rotatable bonds is 5. The molecule has 124 valence electrons. The molecular formula is C15H25ClN4OS. The molecule has 1 aliphatic heterocycles. The molecule has 0 spiro atoms. The normalized spacial score (nSPS) is 22.1. The minimum Gasteiger partial charge on any atom is -0.387 e. The summed E-state index contributed by atoms with van der Waals surface area (Å²) in [5.41, 5.74) is 0.466. The van der Waals surface area contributed by atoms with Crippen molar-refractivity contribution >= 4 is 29.3 Å². The highest BCUT2D eigenvalue weighted by molar-refractivity contribution is 7.99. The number of nitrogens with zero attached hydrogens (tertiary/aromatic N) is 3. The standard InChI is InChI=1S/C15H25ClN4OS/c1-4-17-14(18-10-15(21)5-6-22-11-15)20(3)9-13-7-12(16)8-19(13)2/h7-8,21H,4-6,9-11H2,1-3H3,(H,17,18). The minimum atomic E-state index is -0.652. The van der Waals surface area contributed by atoms with Gasteiger partial charge in [0.2, 0.25) is 0 Å². The van der Waals surface area contributed by atoms with Crippen LogP contribution in [0.3, 0.4) is 0 Å². The predicted octanol–water partition coefficient (Wildman–Crippen LogP) is 1.94. The lowest BCUT2D eigenvalue weighted by Gasteiger charge is -2.24. The molecule has 1 unspecified atom stereocenters. The molecule has 0 saturated carbocycles. The molecule has 0 aliphatic carbocycles. The number of aliphatic imine (C=N–C) groups is 1. The van der Waals surface area contributed by atoms with E-state index in [1.807, 2.05) is 37.8 Å². The number of aryl methyl sites for hydroxylation is 1. The molecule has 1 aromatic rings. The van der Waals surface area contributed by atoms with Gasteiger partial charge in [0.15, 0.2) is 5.96 Å². The maximum absolute atomic E-state index is 10.4. The first-order valence-electron chi connectivity index (χ1n) is 7.54. The molecule has 0 radical (unpaired) electrons. The zero-order valence-electron chi connectivity index (χ0n) is 13.5. The van der Waals surface area contributed by atoms with Gasteiger partial charge in [-0.25, -0.2) is 0 Å². The second-order valence-electron chi connectivity index (χ2n) is 5.81. The molecule has 1 fully saturated rings. The lowest BCUT2D eigenvalue weighted by atomic mass is 10.1. The summed E-state index contributed by atoms with van der Waals surface area (Å²) in [5, 5.41) is 14.5. The Morgan fingerprint density at radius 2 is 2.41 bits per heavy atom. The number of hydrogen-bond acceptors (Lipinski definition) is 3. The Morgan fingerprint density at radius 3 is 2.95 bits per heavy atom. The van der Waals surface area contributed by atoms with E-state index < -0.39 is 5.60 Å². The van der Waals surface area contributed by atoms with Crippen LogP contribution in [0.5, 0.6) is 0 Å². The molecular weight excluding hydrogens is 320 g/mol. The number of aromatic nitrogens is 1. The van der Waals surface area contributed by atoms with Gasteiger partial charge in [0.1, 0.15) is 0 Å². The van der Waals surface area contributed by atoms with E-state index in [0.29, 0.717) is 13.1 Å². The largest absolute Gasteiger partial charge is 0.387 e. The van der Waals surface area contributed by atoms with Crippen LogP contribution in [-0.4, -0.2) is 57.8 Å². The molecule has 1 saturated heterocycles. The van der Waals surface area contributed by atoms with Crippen molar-refractivity contribution in [2.75, 3.05) is 31.6 Å². The van der Waals surface area contributed by atoms with Crippen molar-refractivity contribution < 1.29 is 5.11 Å². The van der Waals surface area contributed by atoms with E-state index in [0.717, 1.165) is 41.1 Å². The summed E-state index contributed by atoms with van der Waals surface area (Å²) >= 11 is 7.83. The van der Waals surface area contributed by atoms with E-state index in [2.05, 4.69) is 15.2 Å². The van der Waals surface area contributed by atoms with E-state index in [1.54, 1.807) is 11.8 Å². The average molecular weight is 345 g/mol. The van der Waals surface area contributed by atoms with Crippen LogP contribution in [0.15, 0.2) is 17.3 Å². The van der Waals surface area contributed by atoms with Gasteiger partial charge >= 0.3 is 0 Å². The monoisotopic (exact) mass is 344 g/mol. The van der Waals surface area contributed by atoms with Crippen LogP contribution >= 0.6 is 23.4 Å². The van der Waals surface area contributed by atoms with Gasteiger partial charge in [-0.3, -0.25) is 4.99 Å². The summed E-state index contributed by atoms with van der Waals surface area (Å²) in [6, 6.07) is 1.96. The summed E-state index contributed by atoms with van der Waals surface area (Å²) in [5.74, 6) is 2.60. The van der Waals surface area contributed by atoms with Crippen LogP contribution in [0.2, 0.25) is 5.02 Å². The molecule has 2 heterocycles. The van der Waals surface area contributed by atoms with Crippen LogP contribution in [0, 0.1) is 0 Å². The van der Waals surface area contributed by atoms with Gasteiger partial charge in [-0.15, -0.1) is 0 Å². The van der Waals surface area contributed by atoms with E-state index in [4.69, 9.17) is 11.6 Å². The highest BCUT2D eigenvalue weighted by Crippen LogP contribution is 2.28. The minimum absolute atomic E-state index is 0.445. The second-order valence-corrected chi connectivity index (χ2v) is 7.36. The van der Waals surface area contributed by atoms with Gasteiger partial charge in [0.05, 0.1) is 23.7 Å². The number of guanidine groups is 1. The van der Waals surface area contributed by atoms with Crippen molar-refractivity contribution in [2.24, 2.45) is 12.0 Å². The first-order chi connectivity index (χ1) is 10.4. The average Bonchev–Trinajstić information content (AvgIpc) is 3.01. The highest BCUT2D eigenvalue weighted by atomic mass is 35.5. The molecule has 5 nitrogen and oxygen atoms in total. The first kappa shape index (κ1) is 17.5. The summed E-state index contributed by atoms with van der Waals surface area (Å²) in [6.45, 7) is 4.00. The third-order valence-electron chi connectivity index (χ3n) is 3.78. The van der Waals surface area contributed by atoms with Crippen molar-refractivity contribution in [3.8, 4) is 0 Å². The Hall–Kier alpha value is -0.850. The predicted molar refractivity (Wildman–Crippen MR) is 94.8 cm³/mol. The summed E-state index contributed by atoms with van der Waals surface area (Å²) in [6.07, 6.45) is 2.71. The Balaban J connectivity index is 2.04. The van der Waals surface area contributed by atoms with Crippen molar-refractivity contribution in [3.05, 3.63) is 23.0 Å². The van der Waals surface area contributed by atoms with E-state index in [1.165, 1.54) is 0 Å². The first-order valence-corrected chi connectivity index (χ1v) is 9.07. The van der Waals surface area contributed by atoms with Gasteiger partial charge in [0, 0.05) is 38.3 Å². The van der Waals surface area contributed by atoms with E-state index in [9.17, 15) is 5.11 Å². The summed E-state index contributed by atoms with van der Waals surface area (Å²) < 4.78 is 2.02. The Kier molecular flexibility index (Phi) is 6.06. The number of halogens is 1. The lowest BCUT2D eigenvalue weighted by Crippen LogP contribution is -2.41. The van der Waals surface area contributed by atoms with Gasteiger partial charge in [-0.1, -0.05) is 11.6 Å². The quantitative estimate of drug-likeness (QED) is 0.633. The van der Waals surface area contributed by atoms with Crippen LogP contribution < -0.4 is 5.32 Å². The van der Waals surface area contributed by atoms with Crippen molar-refractivity contribution in [3.63, 3.8) is 0 Å². The van der Waals surface area contributed by atoms with Crippen molar-refractivity contribution in [1.29, 1.82) is 0 Å². The molecule has 2 rings (SSSR count). The number of nitrogens with one attached hydrogen (secondary N) is 1. The number of aliphatic hydroxyl groups is 1. The van der Waals surface area contributed by atoms with Crippen LogP contribution in [0.4, 0.5) is 0 Å². The topological polar surface area (TPSA) is 52.8 Å². The zero-order valence-corrected chi connectivity index (χ0v) is 15.0. The fourth-order valence-electron chi connectivity index (χ4n) is 2.45. The second kappa shape index (κ2) is 7.62. The summed E-state index contributed by atoms with van der Waals surface area (Å²) in [7, 11) is 3.98. The molecule has 2 N–H and O–H groups in total. The van der Waals surface area contributed by atoms with Gasteiger partial charge in [0.25, 0.3) is 0 Å². The van der Waals surface area contributed by atoms with Crippen molar-refractivity contribution in [1.82, 2.24) is 14.8 Å². The van der Waals surface area contributed by atoms with Gasteiger partial charge < -0.3 is 19.9 Å². The SMILES string of the molecule is CCNC(=NCC1(O)CCSC1)N(C)Cc1cc(Cl)cn1C. The maximum atomic E-state index is 10.4. The van der Waals surface area contributed by atoms with Gasteiger partial charge in [-0.2, -0.15) is 11.8 Å². The fraction of sp³-hybridized carbons (Fsp3) is 0.667. The Bertz CT molecular complexity index is 526. The molecule has 7 heteroatoms. The molecule has 1 aromatic heterocycles. The van der Waals surface area contributed by atoms with Crippen LogP contribution in [0.25, 0.3) is 0 Å². The van der Waals surface area contributed by atoms with Crippen LogP contribution in [-0.2, 0) is 13.6 Å². The van der Waals surface area contributed by atoms with Crippen molar-refractivity contribution in [2.45, 2.75) is 25.5 Å². The van der Waals surface area contributed by atoms with Gasteiger partial charge in [-0.05, 0) is 25.2 Å². The summed E-state index contributed by atoms with van der Waals surface area (Å²) in [4.78, 5) is 6.68.